The monoisotopic (exact) mass is 394 g/mol. The third-order valence-corrected chi connectivity index (χ3v) is 4.67. The zero-order valence-electron chi connectivity index (χ0n) is 16.9. The van der Waals surface area contributed by atoms with Gasteiger partial charge >= 0.3 is 0 Å². The Bertz CT molecular complexity index is 1160. The Morgan fingerprint density at radius 2 is 1.76 bits per heavy atom. The fourth-order valence-corrected chi connectivity index (χ4v) is 3.22. The molecule has 4 rings (SSSR count). The number of aryl methyl sites for hydroxylation is 2. The Morgan fingerprint density at radius 1 is 1.03 bits per heavy atom. The number of nitrogens with zero attached hydrogens (tertiary/aromatic N) is 5. The summed E-state index contributed by atoms with van der Waals surface area (Å²) in [6.07, 6.45) is 3.73. The summed E-state index contributed by atoms with van der Waals surface area (Å²) in [5, 5.41) is 7.85. The maximum Gasteiger partial charge on any atom is 0.245 e. The van der Waals surface area contributed by atoms with Crippen molar-refractivity contribution in [1.82, 2.24) is 24.1 Å². The molecule has 9 heteroatoms. The summed E-state index contributed by atoms with van der Waals surface area (Å²) in [6.45, 7) is 1.94. The van der Waals surface area contributed by atoms with Gasteiger partial charge < -0.3 is 24.1 Å². The van der Waals surface area contributed by atoms with Crippen molar-refractivity contribution in [2.75, 3.05) is 26.6 Å². The molecule has 29 heavy (non-hydrogen) atoms. The average molecular weight is 394 g/mol. The number of methoxy groups -OCH3 is 3. The van der Waals surface area contributed by atoms with E-state index in [9.17, 15) is 0 Å². The van der Waals surface area contributed by atoms with E-state index in [1.807, 2.05) is 36.9 Å². The largest absolute Gasteiger partial charge is 0.493 e. The quantitative estimate of drug-likeness (QED) is 0.537. The molecule has 0 aliphatic heterocycles. The fraction of sp³-hybridized carbons (Fsp3) is 0.250. The lowest BCUT2D eigenvalue weighted by atomic mass is 10.2. The summed E-state index contributed by atoms with van der Waals surface area (Å²) in [6, 6.07) is 7.57. The Kier molecular flexibility index (Phi) is 4.71. The summed E-state index contributed by atoms with van der Waals surface area (Å²) in [5.74, 6) is 2.77. The van der Waals surface area contributed by atoms with Crippen LogP contribution in [0.15, 0.2) is 36.7 Å². The molecule has 0 fully saturated rings. The molecule has 3 heterocycles. The normalized spacial score (nSPS) is 10.9. The van der Waals surface area contributed by atoms with E-state index in [0.717, 1.165) is 22.7 Å². The maximum atomic E-state index is 5.41. The number of rotatable bonds is 6. The first-order valence-electron chi connectivity index (χ1n) is 8.96. The van der Waals surface area contributed by atoms with E-state index in [1.54, 1.807) is 44.2 Å². The van der Waals surface area contributed by atoms with Crippen LogP contribution in [0.5, 0.6) is 17.2 Å². The van der Waals surface area contributed by atoms with Crippen LogP contribution < -0.4 is 19.5 Å². The highest BCUT2D eigenvalue weighted by molar-refractivity contribution is 5.67. The van der Waals surface area contributed by atoms with Crippen LogP contribution in [0.1, 0.15) is 5.69 Å². The van der Waals surface area contributed by atoms with Gasteiger partial charge in [0.15, 0.2) is 17.3 Å². The van der Waals surface area contributed by atoms with E-state index in [0.29, 0.717) is 28.9 Å². The second-order valence-electron chi connectivity index (χ2n) is 6.44. The first-order chi connectivity index (χ1) is 14.0. The number of hydrogen-bond acceptors (Lipinski definition) is 7. The number of fused-ring (bicyclic) bond motifs is 1. The highest BCUT2D eigenvalue weighted by Crippen LogP contribution is 2.40. The molecule has 1 N–H and O–H groups in total. The molecule has 0 unspecified atom stereocenters. The number of aromatic nitrogens is 5. The van der Waals surface area contributed by atoms with Crippen molar-refractivity contribution in [2.45, 2.75) is 6.92 Å². The van der Waals surface area contributed by atoms with Gasteiger partial charge in [0.1, 0.15) is 5.52 Å². The van der Waals surface area contributed by atoms with E-state index >= 15 is 0 Å². The van der Waals surface area contributed by atoms with Gasteiger partial charge in [-0.1, -0.05) is 0 Å². The van der Waals surface area contributed by atoms with Gasteiger partial charge in [-0.2, -0.15) is 0 Å². The molecule has 0 spiro atoms. The van der Waals surface area contributed by atoms with Crippen molar-refractivity contribution in [2.24, 2.45) is 7.05 Å². The lowest BCUT2D eigenvalue weighted by Crippen LogP contribution is -2.05. The molecule has 3 aromatic heterocycles. The minimum absolute atomic E-state index is 0.416. The van der Waals surface area contributed by atoms with E-state index in [1.165, 1.54) is 0 Å². The van der Waals surface area contributed by atoms with Crippen molar-refractivity contribution < 1.29 is 14.2 Å². The number of anilines is 2. The summed E-state index contributed by atoms with van der Waals surface area (Å²) in [4.78, 5) is 9.10. The van der Waals surface area contributed by atoms with Gasteiger partial charge in [0.05, 0.1) is 38.9 Å². The zero-order valence-corrected chi connectivity index (χ0v) is 16.9. The van der Waals surface area contributed by atoms with Crippen molar-refractivity contribution in [1.29, 1.82) is 0 Å². The number of imidazole rings is 1. The number of nitrogens with one attached hydrogen (secondary N) is 1. The van der Waals surface area contributed by atoms with Crippen molar-refractivity contribution in [3.05, 3.63) is 42.4 Å². The third-order valence-electron chi connectivity index (χ3n) is 4.67. The molecule has 0 radical (unpaired) electrons. The topological polar surface area (TPSA) is 87.7 Å². The van der Waals surface area contributed by atoms with Gasteiger partial charge in [0, 0.05) is 31.1 Å². The van der Waals surface area contributed by atoms with Gasteiger partial charge in [-0.05, 0) is 19.1 Å². The average Bonchev–Trinajstić information content (AvgIpc) is 3.29. The van der Waals surface area contributed by atoms with Crippen LogP contribution in [0.25, 0.3) is 17.0 Å². The number of ether oxygens (including phenoxy) is 3. The lowest BCUT2D eigenvalue weighted by molar-refractivity contribution is 0.324. The molecule has 9 nitrogen and oxygen atoms in total. The van der Waals surface area contributed by atoms with Crippen molar-refractivity contribution in [3.8, 4) is 28.8 Å². The second kappa shape index (κ2) is 7.34. The second-order valence-corrected chi connectivity index (χ2v) is 6.44. The van der Waals surface area contributed by atoms with Crippen LogP contribution in [0.2, 0.25) is 0 Å². The molecular weight excluding hydrogens is 372 g/mol. The van der Waals surface area contributed by atoms with Crippen LogP contribution in [-0.2, 0) is 7.05 Å². The molecule has 1 aromatic carbocycles. The van der Waals surface area contributed by atoms with Crippen LogP contribution in [-0.4, -0.2) is 45.5 Å². The van der Waals surface area contributed by atoms with Crippen molar-refractivity contribution >= 4 is 17.2 Å². The predicted octanol–water partition coefficient (Wildman–Crippen LogP) is 3.21. The Hall–Kier alpha value is -3.75. The third kappa shape index (κ3) is 3.20. The van der Waals surface area contributed by atoms with Crippen LogP contribution in [0.3, 0.4) is 0 Å². The SMILES string of the molecule is COc1cc(Nc2ncc3c(C)nc(-c4cccn4C)n3n2)cc(OC)c1OC. The van der Waals surface area contributed by atoms with Gasteiger partial charge in [0.25, 0.3) is 0 Å². The molecule has 0 aliphatic rings. The molecule has 0 atom stereocenters. The van der Waals surface area contributed by atoms with Crippen LogP contribution >= 0.6 is 0 Å². The number of hydrogen-bond donors (Lipinski definition) is 1. The summed E-state index contributed by atoms with van der Waals surface area (Å²) >= 11 is 0. The van der Waals surface area contributed by atoms with Gasteiger partial charge in [-0.3, -0.25) is 0 Å². The van der Waals surface area contributed by atoms with E-state index < -0.39 is 0 Å². The highest BCUT2D eigenvalue weighted by atomic mass is 16.5. The molecule has 4 aromatic rings. The molecular formula is C20H22N6O3. The van der Waals surface area contributed by atoms with Gasteiger partial charge in [0.2, 0.25) is 11.7 Å². The summed E-state index contributed by atoms with van der Waals surface area (Å²) in [5.41, 5.74) is 3.37. The highest BCUT2D eigenvalue weighted by Gasteiger charge is 2.16. The minimum atomic E-state index is 0.416. The fourth-order valence-electron chi connectivity index (χ4n) is 3.22. The first-order valence-corrected chi connectivity index (χ1v) is 8.96. The smallest absolute Gasteiger partial charge is 0.245 e. The molecule has 0 bridgehead atoms. The van der Waals surface area contributed by atoms with E-state index in [4.69, 9.17) is 14.2 Å². The molecule has 0 saturated heterocycles. The van der Waals surface area contributed by atoms with E-state index in [-0.39, 0.29) is 0 Å². The molecule has 150 valence electrons. The van der Waals surface area contributed by atoms with Gasteiger partial charge in [-0.15, -0.1) is 5.10 Å². The minimum Gasteiger partial charge on any atom is -0.493 e. The Labute approximate surface area is 167 Å². The van der Waals surface area contributed by atoms with Gasteiger partial charge in [-0.25, -0.2) is 14.5 Å². The molecule has 0 saturated carbocycles. The predicted molar refractivity (Wildman–Crippen MR) is 109 cm³/mol. The summed E-state index contributed by atoms with van der Waals surface area (Å²) < 4.78 is 20.0. The number of benzene rings is 1. The Balaban J connectivity index is 1.77. The van der Waals surface area contributed by atoms with Crippen LogP contribution in [0.4, 0.5) is 11.6 Å². The Morgan fingerprint density at radius 3 is 2.34 bits per heavy atom. The van der Waals surface area contributed by atoms with E-state index in [2.05, 4.69) is 20.4 Å². The standard InChI is InChI=1S/C20H22N6O3/c1-12-15-11-21-20(24-26(15)19(22-12)14-7-6-8-25(14)2)23-13-9-16(27-3)18(29-5)17(10-13)28-4/h6-11H,1-5H3,(H,23,24). The first kappa shape index (κ1) is 18.6. The van der Waals surface area contributed by atoms with Crippen molar-refractivity contribution in [3.63, 3.8) is 0 Å². The molecule has 0 aliphatic carbocycles. The van der Waals surface area contributed by atoms with Crippen LogP contribution in [0, 0.1) is 6.92 Å². The lowest BCUT2D eigenvalue weighted by Gasteiger charge is -2.14. The molecule has 0 amide bonds. The zero-order chi connectivity index (χ0) is 20.5. The maximum absolute atomic E-state index is 5.41. The summed E-state index contributed by atoms with van der Waals surface area (Å²) in [7, 11) is 6.69.